The molecule has 2 amide bonds. The van der Waals surface area contributed by atoms with E-state index < -0.39 is 9.84 Å². The molecule has 0 radical (unpaired) electrons. The summed E-state index contributed by atoms with van der Waals surface area (Å²) >= 11 is 0. The van der Waals surface area contributed by atoms with Crippen molar-refractivity contribution >= 4 is 27.4 Å². The van der Waals surface area contributed by atoms with E-state index in [0.717, 1.165) is 0 Å². The molecule has 1 aliphatic heterocycles. The predicted octanol–water partition coefficient (Wildman–Crippen LogP) is 2.49. The molecule has 0 spiro atoms. The van der Waals surface area contributed by atoms with Crippen molar-refractivity contribution < 1.29 is 17.9 Å². The van der Waals surface area contributed by atoms with Crippen molar-refractivity contribution in [2.45, 2.75) is 23.6 Å². The van der Waals surface area contributed by atoms with E-state index in [4.69, 9.17) is 9.72 Å². The van der Waals surface area contributed by atoms with Gasteiger partial charge in [0.1, 0.15) is 5.82 Å². The number of pyridine rings is 1. The summed E-state index contributed by atoms with van der Waals surface area (Å²) < 4.78 is 31.6. The van der Waals surface area contributed by atoms with Crippen LogP contribution in [0, 0.1) is 0 Å². The number of nitrogens with one attached hydrogen (secondary N) is 2. The number of carbonyl (C=O) groups excluding carboxylic acids is 1. The van der Waals surface area contributed by atoms with Gasteiger partial charge in [0.2, 0.25) is 0 Å². The lowest BCUT2D eigenvalue weighted by molar-refractivity contribution is 0.0985. The molecule has 0 aliphatic carbocycles. The van der Waals surface area contributed by atoms with Gasteiger partial charge in [0, 0.05) is 43.3 Å². The summed E-state index contributed by atoms with van der Waals surface area (Å²) in [5, 5.41) is 5.20. The summed E-state index contributed by atoms with van der Waals surface area (Å²) in [6.07, 6.45) is 2.90. The zero-order chi connectivity index (χ0) is 24.1. The predicted molar refractivity (Wildman–Crippen MR) is 128 cm³/mol. The lowest BCUT2D eigenvalue weighted by Crippen LogP contribution is -2.44. The van der Waals surface area contributed by atoms with Crippen LogP contribution in [0.25, 0.3) is 11.4 Å². The third kappa shape index (κ3) is 5.49. The molecule has 3 heterocycles. The quantitative estimate of drug-likeness (QED) is 0.549. The minimum Gasteiger partial charge on any atom is -0.377 e. The van der Waals surface area contributed by atoms with Gasteiger partial charge < -0.3 is 20.3 Å². The van der Waals surface area contributed by atoms with Crippen LogP contribution in [0.5, 0.6) is 0 Å². The Morgan fingerprint density at radius 1 is 1.15 bits per heavy atom. The number of ether oxygens (including phenoxy) is 1. The standard InChI is InChI=1S/C23H26N6O4S/c1-16-14-33-12-11-29(16)21-13-19(15-34(31,32)20-7-9-25-10-8-20)26-22(28-21)17-3-5-18(6-4-17)27-23(30)24-2/h3-10,13,16H,11-12,14-15H2,1-2H3,(H2,24,27,30)/t16-/m1/s1. The number of hydrogen-bond acceptors (Lipinski definition) is 8. The van der Waals surface area contributed by atoms with Crippen LogP contribution in [0.1, 0.15) is 12.6 Å². The van der Waals surface area contributed by atoms with Gasteiger partial charge in [-0.3, -0.25) is 4.98 Å². The first-order valence-corrected chi connectivity index (χ1v) is 12.5. The Bertz CT molecular complexity index is 1250. The molecule has 11 heteroatoms. The Labute approximate surface area is 198 Å². The molecule has 0 saturated carbocycles. The summed E-state index contributed by atoms with van der Waals surface area (Å²) in [7, 11) is -2.09. The van der Waals surface area contributed by atoms with Crippen molar-refractivity contribution in [1.29, 1.82) is 0 Å². The van der Waals surface area contributed by atoms with Gasteiger partial charge in [-0.25, -0.2) is 23.2 Å². The van der Waals surface area contributed by atoms with Gasteiger partial charge in [-0.05, 0) is 43.3 Å². The normalized spacial score (nSPS) is 16.2. The fourth-order valence-corrected chi connectivity index (χ4v) is 4.86. The highest BCUT2D eigenvalue weighted by Gasteiger charge is 2.24. The average Bonchev–Trinajstić information content (AvgIpc) is 2.85. The maximum atomic E-state index is 13.0. The number of anilines is 2. The number of sulfone groups is 1. The van der Waals surface area contributed by atoms with Crippen molar-refractivity contribution in [2.24, 2.45) is 0 Å². The van der Waals surface area contributed by atoms with Gasteiger partial charge in [0.15, 0.2) is 15.7 Å². The Morgan fingerprint density at radius 2 is 1.88 bits per heavy atom. The van der Waals surface area contributed by atoms with Crippen LogP contribution in [0.2, 0.25) is 0 Å². The maximum Gasteiger partial charge on any atom is 0.318 e. The second kappa shape index (κ2) is 10.1. The topological polar surface area (TPSA) is 126 Å². The lowest BCUT2D eigenvalue weighted by Gasteiger charge is -2.34. The molecule has 1 fully saturated rings. The molecule has 3 aromatic rings. The lowest BCUT2D eigenvalue weighted by atomic mass is 10.2. The molecule has 1 atom stereocenters. The van der Waals surface area contributed by atoms with E-state index in [9.17, 15) is 13.2 Å². The Kier molecular flexibility index (Phi) is 7.03. The monoisotopic (exact) mass is 482 g/mol. The molecule has 0 bridgehead atoms. The van der Waals surface area contributed by atoms with Crippen LogP contribution in [-0.4, -0.2) is 62.2 Å². The number of hydrogen-bond donors (Lipinski definition) is 2. The Hall–Kier alpha value is -3.57. The number of rotatable bonds is 6. The van der Waals surface area contributed by atoms with E-state index in [1.165, 1.54) is 31.6 Å². The third-order valence-corrected chi connectivity index (χ3v) is 7.07. The van der Waals surface area contributed by atoms with Crippen LogP contribution >= 0.6 is 0 Å². The van der Waals surface area contributed by atoms with E-state index in [1.54, 1.807) is 30.3 Å². The smallest absolute Gasteiger partial charge is 0.318 e. The number of benzene rings is 1. The summed E-state index contributed by atoms with van der Waals surface area (Å²) in [6.45, 7) is 3.80. The van der Waals surface area contributed by atoms with E-state index in [2.05, 4.69) is 25.5 Å². The van der Waals surface area contributed by atoms with Crippen molar-refractivity contribution in [2.75, 3.05) is 37.0 Å². The second-order valence-electron chi connectivity index (χ2n) is 7.88. The fraction of sp³-hybridized carbons (Fsp3) is 0.304. The minimum absolute atomic E-state index is 0.0836. The highest BCUT2D eigenvalue weighted by Crippen LogP contribution is 2.26. The molecule has 10 nitrogen and oxygen atoms in total. The number of nitrogens with zero attached hydrogens (tertiary/aromatic N) is 4. The Morgan fingerprint density at radius 3 is 2.56 bits per heavy atom. The SMILES string of the molecule is CNC(=O)Nc1ccc(-c2nc(CS(=O)(=O)c3ccncc3)cc(N3CCOC[C@H]3C)n2)cc1. The van der Waals surface area contributed by atoms with E-state index >= 15 is 0 Å². The Balaban J connectivity index is 1.71. The molecule has 178 valence electrons. The van der Waals surface area contributed by atoms with Crippen LogP contribution in [-0.2, 0) is 20.3 Å². The first kappa shape index (κ1) is 23.6. The number of aromatic nitrogens is 3. The zero-order valence-corrected chi connectivity index (χ0v) is 19.7. The van der Waals surface area contributed by atoms with Crippen LogP contribution < -0.4 is 15.5 Å². The van der Waals surface area contributed by atoms with Gasteiger partial charge in [0.25, 0.3) is 0 Å². The summed E-state index contributed by atoms with van der Waals surface area (Å²) in [4.78, 5) is 27.1. The van der Waals surface area contributed by atoms with E-state index in [-0.39, 0.29) is 22.7 Å². The molecule has 4 rings (SSSR count). The van der Waals surface area contributed by atoms with Gasteiger partial charge >= 0.3 is 6.03 Å². The van der Waals surface area contributed by atoms with E-state index in [0.29, 0.717) is 48.3 Å². The van der Waals surface area contributed by atoms with Crippen LogP contribution in [0.4, 0.5) is 16.3 Å². The molecule has 1 aromatic carbocycles. The van der Waals surface area contributed by atoms with Crippen molar-refractivity contribution in [3.8, 4) is 11.4 Å². The molecule has 2 N–H and O–H groups in total. The fourth-order valence-electron chi connectivity index (χ4n) is 3.62. The number of amides is 2. The molecular weight excluding hydrogens is 456 g/mol. The van der Waals surface area contributed by atoms with Crippen molar-refractivity contribution in [3.63, 3.8) is 0 Å². The van der Waals surface area contributed by atoms with Crippen molar-refractivity contribution in [1.82, 2.24) is 20.3 Å². The minimum atomic E-state index is -3.62. The summed E-state index contributed by atoms with van der Waals surface area (Å²) in [5.74, 6) is 0.782. The third-order valence-electron chi connectivity index (χ3n) is 5.40. The molecule has 0 unspecified atom stereocenters. The maximum absolute atomic E-state index is 13.0. The van der Waals surface area contributed by atoms with Crippen molar-refractivity contribution in [3.05, 3.63) is 60.6 Å². The highest BCUT2D eigenvalue weighted by molar-refractivity contribution is 7.90. The molecular formula is C23H26N6O4S. The number of morpholine rings is 1. The molecule has 34 heavy (non-hydrogen) atoms. The van der Waals surface area contributed by atoms with Gasteiger partial charge in [-0.1, -0.05) is 0 Å². The molecule has 1 saturated heterocycles. The largest absolute Gasteiger partial charge is 0.377 e. The number of urea groups is 1. The van der Waals surface area contributed by atoms with Crippen LogP contribution in [0.3, 0.4) is 0 Å². The summed E-state index contributed by atoms with van der Waals surface area (Å²) in [6, 6.07) is 11.5. The average molecular weight is 483 g/mol. The van der Waals surface area contributed by atoms with Gasteiger partial charge in [-0.2, -0.15) is 0 Å². The first-order chi connectivity index (χ1) is 16.4. The first-order valence-electron chi connectivity index (χ1n) is 10.8. The van der Waals surface area contributed by atoms with E-state index in [1.807, 2.05) is 6.92 Å². The van der Waals surface area contributed by atoms with Crippen LogP contribution in [0.15, 0.2) is 59.8 Å². The molecule has 1 aliphatic rings. The molecule has 2 aromatic heterocycles. The number of carbonyl (C=O) groups is 1. The highest BCUT2D eigenvalue weighted by atomic mass is 32.2. The summed E-state index contributed by atoms with van der Waals surface area (Å²) in [5.41, 5.74) is 1.71. The zero-order valence-electron chi connectivity index (χ0n) is 18.9. The van der Waals surface area contributed by atoms with Gasteiger partial charge in [-0.15, -0.1) is 0 Å². The van der Waals surface area contributed by atoms with Gasteiger partial charge in [0.05, 0.1) is 35.6 Å². The second-order valence-corrected chi connectivity index (χ2v) is 9.87.